The summed E-state index contributed by atoms with van der Waals surface area (Å²) >= 11 is 0. The molecule has 1 fully saturated rings. The van der Waals surface area contributed by atoms with E-state index in [1.807, 2.05) is 0 Å². The van der Waals surface area contributed by atoms with Gasteiger partial charge in [-0.3, -0.25) is 28.8 Å². The first-order valence-corrected chi connectivity index (χ1v) is 11.1. The molecule has 194 valence electrons. The zero-order valence-corrected chi connectivity index (χ0v) is 19.3. The minimum atomic E-state index is -1.64. The molecule has 36 heavy (non-hydrogen) atoms. The van der Waals surface area contributed by atoms with Crippen LogP contribution in [0.5, 0.6) is 0 Å². The molecule has 2 rings (SSSR count). The second kappa shape index (κ2) is 13.8. The Morgan fingerprint density at radius 3 is 2.39 bits per heavy atom. The van der Waals surface area contributed by atoms with Gasteiger partial charge in [0.2, 0.25) is 24.1 Å². The lowest BCUT2D eigenvalue weighted by molar-refractivity contribution is -0.140. The van der Waals surface area contributed by atoms with Crippen molar-refractivity contribution in [1.29, 1.82) is 0 Å². The summed E-state index contributed by atoms with van der Waals surface area (Å²) in [5.41, 5.74) is 0.826. The maximum Gasteiger partial charge on any atom is 0.475 e. The number of benzene rings is 1. The van der Waals surface area contributed by atoms with E-state index in [2.05, 4.69) is 21.3 Å². The fraction of sp³-hybridized carbons (Fsp3) is 0.429. The van der Waals surface area contributed by atoms with Crippen molar-refractivity contribution in [2.45, 2.75) is 37.8 Å². The molecule has 1 heterocycles. The van der Waals surface area contributed by atoms with Crippen molar-refractivity contribution in [2.24, 2.45) is 0 Å². The number of carbonyl (C=O) groups excluding carboxylic acids is 5. The lowest BCUT2D eigenvalue weighted by Gasteiger charge is -2.24. The summed E-state index contributed by atoms with van der Waals surface area (Å²) in [6.45, 7) is -0.357. The Kier molecular flexibility index (Phi) is 10.8. The summed E-state index contributed by atoms with van der Waals surface area (Å²) in [4.78, 5) is 71.3. The summed E-state index contributed by atoms with van der Waals surface area (Å²) in [7, 11) is -1.64. The predicted molar refractivity (Wildman–Crippen MR) is 124 cm³/mol. The molecule has 1 aliphatic heterocycles. The number of nitrogens with zero attached hydrogens (tertiary/aromatic N) is 1. The number of hydrogen-bond donors (Lipinski definition) is 7. The highest BCUT2D eigenvalue weighted by Crippen LogP contribution is 2.17. The van der Waals surface area contributed by atoms with Crippen molar-refractivity contribution in [1.82, 2.24) is 26.2 Å². The minimum absolute atomic E-state index is 0.0162. The maximum atomic E-state index is 12.4. The number of rotatable bonds is 13. The van der Waals surface area contributed by atoms with Crippen LogP contribution in [0.15, 0.2) is 24.3 Å². The van der Waals surface area contributed by atoms with E-state index in [0.29, 0.717) is 31.4 Å². The van der Waals surface area contributed by atoms with Gasteiger partial charge in [0.25, 0.3) is 5.91 Å². The van der Waals surface area contributed by atoms with Crippen LogP contribution in [0.25, 0.3) is 0 Å². The van der Waals surface area contributed by atoms with Crippen LogP contribution in [0.2, 0.25) is 0 Å². The average Bonchev–Trinajstić information content (AvgIpc) is 3.34. The molecule has 1 saturated heterocycles. The van der Waals surface area contributed by atoms with E-state index in [0.717, 1.165) is 0 Å². The van der Waals surface area contributed by atoms with Crippen molar-refractivity contribution in [3.05, 3.63) is 35.4 Å². The maximum absolute atomic E-state index is 12.4. The van der Waals surface area contributed by atoms with Crippen LogP contribution in [0.1, 0.15) is 35.2 Å². The zero-order chi connectivity index (χ0) is 26.7. The highest BCUT2D eigenvalue weighted by atomic mass is 16.4. The lowest BCUT2D eigenvalue weighted by Crippen LogP contribution is -2.49. The van der Waals surface area contributed by atoms with Gasteiger partial charge in [0.15, 0.2) is 0 Å². The quantitative estimate of drug-likeness (QED) is 0.106. The molecule has 1 aromatic rings. The Balaban J connectivity index is 1.86. The number of likely N-dealkylation sites (tertiary alicyclic amines) is 1. The molecule has 1 aromatic carbocycles. The number of carbonyl (C=O) groups is 6. The minimum Gasteiger partial charge on any atom is -0.481 e. The molecule has 2 unspecified atom stereocenters. The third kappa shape index (κ3) is 8.67. The van der Waals surface area contributed by atoms with E-state index in [4.69, 9.17) is 5.11 Å². The van der Waals surface area contributed by atoms with Gasteiger partial charge in [0.1, 0.15) is 6.04 Å². The number of aliphatic carboxylic acids is 1. The molecule has 1 aliphatic rings. The van der Waals surface area contributed by atoms with E-state index in [-0.39, 0.29) is 18.7 Å². The van der Waals surface area contributed by atoms with Gasteiger partial charge in [-0.25, -0.2) is 0 Å². The monoisotopic (exact) mass is 505 g/mol. The first-order chi connectivity index (χ1) is 17.1. The van der Waals surface area contributed by atoms with Crippen molar-refractivity contribution >= 4 is 43.1 Å². The molecule has 5 amide bonds. The van der Waals surface area contributed by atoms with Crippen LogP contribution in [0, 0.1) is 0 Å². The first-order valence-electron chi connectivity index (χ1n) is 11.1. The van der Waals surface area contributed by atoms with Crippen LogP contribution in [-0.2, 0) is 30.5 Å². The van der Waals surface area contributed by atoms with Crippen LogP contribution in [0.3, 0.4) is 0 Å². The van der Waals surface area contributed by atoms with Crippen LogP contribution in [0.4, 0.5) is 0 Å². The topological polar surface area (TPSA) is 214 Å². The summed E-state index contributed by atoms with van der Waals surface area (Å²) in [5.74, 6) is -4.42. The second-order valence-corrected chi connectivity index (χ2v) is 8.02. The lowest BCUT2D eigenvalue weighted by atomic mass is 9.78. The standard InChI is InChI=1S/C21H28BN5O9/c28-12-23-10-17(29)26-15(8-19(31)32)21(34)24-9-13-3-5-14(6-4-13)20(33)25-11-18(30)27-7-1-2-16(27)22(35)36/h3-6,12,15-16,35-36H,1-2,7-11H2,(H,23,28)(H,24,34)(H,25,33)(H,26,29)(H,31,32). The molecule has 0 saturated carbocycles. The smallest absolute Gasteiger partial charge is 0.475 e. The van der Waals surface area contributed by atoms with Gasteiger partial charge in [-0.05, 0) is 30.5 Å². The SMILES string of the molecule is O=CNCC(=O)NC(CC(=O)O)C(=O)NCc1ccc(C(=O)NCC(=O)N2CCCC2B(O)O)cc1. The Bertz CT molecular complexity index is 973. The Morgan fingerprint density at radius 1 is 1.08 bits per heavy atom. The molecular formula is C21H28BN5O9. The van der Waals surface area contributed by atoms with Gasteiger partial charge in [-0.15, -0.1) is 0 Å². The van der Waals surface area contributed by atoms with Gasteiger partial charge in [0, 0.05) is 18.7 Å². The van der Waals surface area contributed by atoms with E-state index in [9.17, 15) is 38.8 Å². The molecule has 15 heteroatoms. The van der Waals surface area contributed by atoms with Gasteiger partial charge in [-0.1, -0.05) is 12.1 Å². The number of nitrogens with one attached hydrogen (secondary N) is 4. The fourth-order valence-electron chi connectivity index (χ4n) is 3.62. The third-order valence-corrected chi connectivity index (χ3v) is 5.42. The van der Waals surface area contributed by atoms with E-state index >= 15 is 0 Å². The van der Waals surface area contributed by atoms with Gasteiger partial charge in [-0.2, -0.15) is 0 Å². The summed E-state index contributed by atoms with van der Waals surface area (Å²) in [5, 5.41) is 37.0. The molecule has 0 spiro atoms. The van der Waals surface area contributed by atoms with E-state index in [1.54, 1.807) is 12.1 Å². The van der Waals surface area contributed by atoms with Crippen molar-refractivity contribution in [3.8, 4) is 0 Å². The molecular weight excluding hydrogens is 477 g/mol. The number of hydrogen-bond acceptors (Lipinski definition) is 8. The number of carboxylic acids is 1. The van der Waals surface area contributed by atoms with Crippen molar-refractivity contribution < 1.29 is 43.9 Å². The van der Waals surface area contributed by atoms with E-state index in [1.165, 1.54) is 17.0 Å². The van der Waals surface area contributed by atoms with Gasteiger partial charge in [0.05, 0.1) is 25.5 Å². The van der Waals surface area contributed by atoms with Crippen LogP contribution < -0.4 is 21.3 Å². The molecule has 0 aliphatic carbocycles. The largest absolute Gasteiger partial charge is 0.481 e. The summed E-state index contributed by atoms with van der Waals surface area (Å²) in [6, 6.07) is 4.69. The average molecular weight is 505 g/mol. The van der Waals surface area contributed by atoms with Gasteiger partial charge >= 0.3 is 13.1 Å². The Morgan fingerprint density at radius 2 is 1.78 bits per heavy atom. The molecule has 0 radical (unpaired) electrons. The molecule has 2 atom stereocenters. The zero-order valence-electron chi connectivity index (χ0n) is 19.3. The van der Waals surface area contributed by atoms with Crippen LogP contribution in [-0.4, -0.2) is 94.8 Å². The highest BCUT2D eigenvalue weighted by molar-refractivity contribution is 6.43. The summed E-state index contributed by atoms with van der Waals surface area (Å²) < 4.78 is 0. The van der Waals surface area contributed by atoms with Gasteiger partial charge < -0.3 is 41.3 Å². The molecule has 14 nitrogen and oxygen atoms in total. The fourth-order valence-corrected chi connectivity index (χ4v) is 3.62. The Hall–Kier alpha value is -3.98. The molecule has 0 aromatic heterocycles. The molecule has 7 N–H and O–H groups in total. The third-order valence-electron chi connectivity index (χ3n) is 5.42. The highest BCUT2D eigenvalue weighted by Gasteiger charge is 2.36. The van der Waals surface area contributed by atoms with Crippen molar-refractivity contribution in [2.75, 3.05) is 19.6 Å². The Labute approximate surface area is 206 Å². The summed E-state index contributed by atoms with van der Waals surface area (Å²) in [6.07, 6.45) is 0.738. The van der Waals surface area contributed by atoms with E-state index < -0.39 is 61.7 Å². The van der Waals surface area contributed by atoms with Crippen LogP contribution >= 0.6 is 0 Å². The van der Waals surface area contributed by atoms with Crippen molar-refractivity contribution in [3.63, 3.8) is 0 Å². The number of carboxylic acid groups (broad SMARTS) is 1. The normalized spacial score (nSPS) is 15.4. The second-order valence-electron chi connectivity index (χ2n) is 8.02. The molecule has 0 bridgehead atoms. The first kappa shape index (κ1) is 28.3. The predicted octanol–water partition coefficient (Wildman–Crippen LogP) is -3.26. The number of amides is 5.